The first-order chi connectivity index (χ1) is 16.0. The molecule has 0 amide bonds. The van der Waals surface area contributed by atoms with Crippen LogP contribution in [0.1, 0.15) is 42.1 Å². The van der Waals surface area contributed by atoms with Crippen LogP contribution in [0.5, 0.6) is 0 Å². The Kier molecular flexibility index (Phi) is 7.15. The number of nitrogens with one attached hydrogen (secondary N) is 1. The smallest absolute Gasteiger partial charge is 0.170 e. The van der Waals surface area contributed by atoms with Crippen molar-refractivity contribution in [2.24, 2.45) is 4.99 Å². The largest absolute Gasteiger partial charge is 0.516 e. The summed E-state index contributed by atoms with van der Waals surface area (Å²) in [4.78, 5) is 11.0. The van der Waals surface area contributed by atoms with Crippen LogP contribution in [0.15, 0.2) is 54.4 Å². The number of aliphatic hydroxyl groups excluding tert-OH is 1. The van der Waals surface area contributed by atoms with Crippen LogP contribution in [0.2, 0.25) is 0 Å². The average molecular weight is 466 g/mol. The van der Waals surface area contributed by atoms with Crippen LogP contribution in [-0.4, -0.2) is 44.8 Å². The summed E-state index contributed by atoms with van der Waals surface area (Å²) in [5.41, 5.74) is 4.93. The highest BCUT2D eigenvalue weighted by atomic mass is 32.2. The molecule has 0 spiro atoms. The fourth-order valence-electron chi connectivity index (χ4n) is 4.30. The average Bonchev–Trinajstić information content (AvgIpc) is 3.37. The minimum absolute atomic E-state index is 0.224. The van der Waals surface area contributed by atoms with Gasteiger partial charge in [0.2, 0.25) is 0 Å². The number of halogens is 1. The molecule has 1 unspecified atom stereocenters. The lowest BCUT2D eigenvalue weighted by molar-refractivity contribution is 0.257. The number of anilines is 1. The van der Waals surface area contributed by atoms with Crippen molar-refractivity contribution in [2.45, 2.75) is 32.4 Å². The number of pyridine rings is 1. The van der Waals surface area contributed by atoms with Gasteiger partial charge in [-0.1, -0.05) is 18.7 Å². The summed E-state index contributed by atoms with van der Waals surface area (Å²) in [5.74, 6) is 0.590. The van der Waals surface area contributed by atoms with Gasteiger partial charge in [-0.15, -0.1) is 3.89 Å². The van der Waals surface area contributed by atoms with Crippen molar-refractivity contribution in [3.8, 4) is 0 Å². The molecule has 2 N–H and O–H groups in total. The number of nitrogens with zero attached hydrogens (tertiary/aromatic N) is 4. The molecule has 1 saturated heterocycles. The molecule has 6 nitrogen and oxygen atoms in total. The van der Waals surface area contributed by atoms with Gasteiger partial charge >= 0.3 is 0 Å². The summed E-state index contributed by atoms with van der Waals surface area (Å²) in [5, 5.41) is 13.3. The van der Waals surface area contributed by atoms with E-state index in [4.69, 9.17) is 5.11 Å². The first kappa shape index (κ1) is 23.1. The summed E-state index contributed by atoms with van der Waals surface area (Å²) in [7, 11) is 1.70. The molecular formula is C25H28FN5OS. The zero-order valence-corrected chi connectivity index (χ0v) is 19.6. The van der Waals surface area contributed by atoms with E-state index < -0.39 is 0 Å². The molecule has 1 aliphatic rings. The van der Waals surface area contributed by atoms with Crippen LogP contribution < -0.4 is 5.32 Å². The number of rotatable bonds is 8. The van der Waals surface area contributed by atoms with Crippen molar-refractivity contribution in [1.29, 1.82) is 0 Å². The summed E-state index contributed by atoms with van der Waals surface area (Å²) < 4.78 is 15.6. The third kappa shape index (κ3) is 4.96. The van der Waals surface area contributed by atoms with E-state index in [-0.39, 0.29) is 12.3 Å². The zero-order valence-electron chi connectivity index (χ0n) is 18.8. The fourth-order valence-corrected chi connectivity index (χ4v) is 4.73. The molecule has 1 atom stereocenters. The Morgan fingerprint density at radius 2 is 2.21 bits per heavy atom. The molecule has 2 aromatic heterocycles. The summed E-state index contributed by atoms with van der Waals surface area (Å²) >= 11 is 0.224. The van der Waals surface area contributed by atoms with Crippen molar-refractivity contribution in [1.82, 2.24) is 13.9 Å². The number of aromatic nitrogens is 2. The molecule has 3 aromatic rings. The lowest BCUT2D eigenvalue weighted by Crippen LogP contribution is -2.26. The maximum absolute atomic E-state index is 14.0. The molecule has 172 valence electrons. The standard InChI is InChI=1S/C25H28FN5OS/c1-17-5-4-9-30(17)16-23-12-22-15-28-25(13-24(22)31(23)33-26)29-18(2)20-7-6-19(8-10-32)21(11-20)14-27-3/h6-8,10-15,17,32H,2,4-5,9,16H2,1,3H3,(H,28,29)/b10-8+,27-14?. The van der Waals surface area contributed by atoms with E-state index in [1.54, 1.807) is 29.5 Å². The Balaban J connectivity index is 1.59. The van der Waals surface area contributed by atoms with Gasteiger partial charge in [0.15, 0.2) is 12.3 Å². The highest BCUT2D eigenvalue weighted by molar-refractivity contribution is 7.93. The maximum atomic E-state index is 14.0. The fraction of sp³-hybridized carbons (Fsp3) is 0.280. The molecule has 0 aliphatic carbocycles. The third-order valence-electron chi connectivity index (χ3n) is 6.07. The predicted octanol–water partition coefficient (Wildman–Crippen LogP) is 6.06. The minimum Gasteiger partial charge on any atom is -0.516 e. The first-order valence-corrected chi connectivity index (χ1v) is 11.6. The monoisotopic (exact) mass is 465 g/mol. The number of fused-ring (bicyclic) bond motifs is 1. The lowest BCUT2D eigenvalue weighted by Gasteiger charge is -2.20. The summed E-state index contributed by atoms with van der Waals surface area (Å²) in [6.07, 6.45) is 8.47. The Morgan fingerprint density at radius 3 is 2.91 bits per heavy atom. The molecule has 3 heterocycles. The van der Waals surface area contributed by atoms with Crippen LogP contribution in [0.25, 0.3) is 22.7 Å². The topological polar surface area (TPSA) is 65.7 Å². The van der Waals surface area contributed by atoms with E-state index in [0.717, 1.165) is 52.6 Å². The third-order valence-corrected chi connectivity index (χ3v) is 6.64. The molecule has 1 aromatic carbocycles. The van der Waals surface area contributed by atoms with E-state index in [2.05, 4.69) is 33.7 Å². The van der Waals surface area contributed by atoms with E-state index in [0.29, 0.717) is 17.6 Å². The van der Waals surface area contributed by atoms with Gasteiger partial charge in [-0.25, -0.2) is 4.98 Å². The minimum atomic E-state index is 0.224. The van der Waals surface area contributed by atoms with Crippen LogP contribution in [0.4, 0.5) is 9.70 Å². The number of aliphatic imine (C=N–C) groups is 1. The Labute approximate surface area is 198 Å². The van der Waals surface area contributed by atoms with Crippen molar-refractivity contribution in [3.05, 3.63) is 71.8 Å². The van der Waals surface area contributed by atoms with Gasteiger partial charge in [0.05, 0.1) is 11.8 Å². The highest BCUT2D eigenvalue weighted by Gasteiger charge is 2.22. The second-order valence-electron chi connectivity index (χ2n) is 8.24. The molecule has 0 radical (unpaired) electrons. The maximum Gasteiger partial charge on any atom is 0.170 e. The van der Waals surface area contributed by atoms with E-state index in [1.165, 1.54) is 12.8 Å². The molecule has 0 saturated carbocycles. The van der Waals surface area contributed by atoms with Gasteiger partial charge in [0.25, 0.3) is 0 Å². The number of hydrogen-bond donors (Lipinski definition) is 2. The van der Waals surface area contributed by atoms with Gasteiger partial charge in [-0.2, -0.15) is 0 Å². The van der Waals surface area contributed by atoms with Crippen LogP contribution in [-0.2, 0) is 6.54 Å². The molecule has 1 fully saturated rings. The number of aliphatic hydroxyl groups is 1. The van der Waals surface area contributed by atoms with Crippen molar-refractivity contribution in [3.63, 3.8) is 0 Å². The SMILES string of the molecule is C=C(Nc1cc2c(cn1)cc(CN1CCCC1C)n2SF)c1ccc(/C=C/O)c(C=NC)c1. The summed E-state index contributed by atoms with van der Waals surface area (Å²) in [6, 6.07) is 10.1. The van der Waals surface area contributed by atoms with Gasteiger partial charge in [0.1, 0.15) is 5.82 Å². The van der Waals surface area contributed by atoms with Crippen molar-refractivity contribution < 1.29 is 8.99 Å². The van der Waals surface area contributed by atoms with Crippen molar-refractivity contribution in [2.75, 3.05) is 18.9 Å². The molecule has 8 heteroatoms. The Bertz CT molecular complexity index is 1220. The van der Waals surface area contributed by atoms with Gasteiger partial charge < -0.3 is 10.4 Å². The van der Waals surface area contributed by atoms with Crippen LogP contribution >= 0.6 is 12.3 Å². The van der Waals surface area contributed by atoms with E-state index in [9.17, 15) is 3.89 Å². The first-order valence-electron chi connectivity index (χ1n) is 10.9. The molecule has 33 heavy (non-hydrogen) atoms. The zero-order chi connectivity index (χ0) is 23.4. The van der Waals surface area contributed by atoms with Crippen LogP contribution in [0, 0.1) is 0 Å². The second kappa shape index (κ2) is 10.2. The molecule has 0 bridgehead atoms. The number of benzene rings is 1. The van der Waals surface area contributed by atoms with Gasteiger partial charge in [0, 0.05) is 60.5 Å². The van der Waals surface area contributed by atoms with Crippen LogP contribution in [0.3, 0.4) is 0 Å². The number of hydrogen-bond acceptors (Lipinski definition) is 6. The molecule has 1 aliphatic heterocycles. The Hall–Kier alpha value is -3.10. The normalized spacial score (nSPS) is 17.0. The number of likely N-dealkylation sites (tertiary alicyclic amines) is 1. The molecular weight excluding hydrogens is 437 g/mol. The van der Waals surface area contributed by atoms with Gasteiger partial charge in [-0.3, -0.25) is 13.9 Å². The summed E-state index contributed by atoms with van der Waals surface area (Å²) in [6.45, 7) is 8.14. The molecule has 4 rings (SSSR count). The predicted molar refractivity (Wildman–Crippen MR) is 137 cm³/mol. The lowest BCUT2D eigenvalue weighted by atomic mass is 10.0. The highest BCUT2D eigenvalue weighted by Crippen LogP contribution is 2.30. The quantitative estimate of drug-likeness (QED) is 0.313. The Morgan fingerprint density at radius 1 is 1.36 bits per heavy atom. The van der Waals surface area contributed by atoms with Gasteiger partial charge in [-0.05, 0) is 55.6 Å². The van der Waals surface area contributed by atoms with E-state index in [1.807, 2.05) is 30.3 Å². The van der Waals surface area contributed by atoms with E-state index >= 15 is 0 Å². The second-order valence-corrected chi connectivity index (χ2v) is 8.74. The van der Waals surface area contributed by atoms with Crippen molar-refractivity contribution >= 4 is 47.0 Å².